The summed E-state index contributed by atoms with van der Waals surface area (Å²) in [4.78, 5) is 9.00. The first kappa shape index (κ1) is 12.8. The fraction of sp³-hybridized carbons (Fsp3) is 0.833. The lowest BCUT2D eigenvalue weighted by atomic mass is 10.1. The van der Waals surface area contributed by atoms with Crippen molar-refractivity contribution in [2.75, 3.05) is 13.2 Å². The highest BCUT2D eigenvalue weighted by Gasteiger charge is 1.98. The van der Waals surface area contributed by atoms with E-state index in [0.717, 1.165) is 6.42 Å². The van der Waals surface area contributed by atoms with Gasteiger partial charge in [-0.05, 0) is 6.42 Å². The largest absolute Gasteiger partial charge is 0.396 e. The van der Waals surface area contributed by atoms with E-state index in [4.69, 9.17) is 15.0 Å². The van der Waals surface area contributed by atoms with Crippen molar-refractivity contribution >= 4 is 6.03 Å². The number of nitrogens with two attached hydrogens (primary N) is 2. The van der Waals surface area contributed by atoms with Crippen molar-refractivity contribution in [1.29, 1.82) is 0 Å². The molecule has 5 nitrogen and oxygen atoms in total. The SMILES string of the molecule is CCC(CO)CO.NC(N)=O. The van der Waals surface area contributed by atoms with E-state index in [1.54, 1.807) is 0 Å². The molecule has 0 rings (SSSR count). The molecule has 0 spiro atoms. The zero-order valence-electron chi connectivity index (χ0n) is 6.66. The van der Waals surface area contributed by atoms with Crippen LogP contribution in [0.1, 0.15) is 13.3 Å². The summed E-state index contributed by atoms with van der Waals surface area (Å²) >= 11 is 0. The van der Waals surface area contributed by atoms with Crippen LogP contribution in [-0.2, 0) is 0 Å². The van der Waals surface area contributed by atoms with Gasteiger partial charge < -0.3 is 21.7 Å². The van der Waals surface area contributed by atoms with Gasteiger partial charge in [0.2, 0.25) is 0 Å². The van der Waals surface area contributed by atoms with E-state index < -0.39 is 6.03 Å². The zero-order valence-corrected chi connectivity index (χ0v) is 6.66. The van der Waals surface area contributed by atoms with Crippen LogP contribution >= 0.6 is 0 Å². The van der Waals surface area contributed by atoms with Crippen molar-refractivity contribution < 1.29 is 15.0 Å². The summed E-state index contributed by atoms with van der Waals surface area (Å²) in [5, 5.41) is 16.7. The Morgan fingerprint density at radius 2 is 1.64 bits per heavy atom. The Hall–Kier alpha value is -0.810. The van der Waals surface area contributed by atoms with Crippen LogP contribution in [0.5, 0.6) is 0 Å². The maximum Gasteiger partial charge on any atom is 0.309 e. The first-order valence-electron chi connectivity index (χ1n) is 3.35. The highest BCUT2D eigenvalue weighted by Crippen LogP contribution is 1.96. The Morgan fingerprint density at radius 3 is 1.64 bits per heavy atom. The third-order valence-electron chi connectivity index (χ3n) is 1.09. The molecular formula is C6H16N2O3. The number of amides is 2. The van der Waals surface area contributed by atoms with Gasteiger partial charge in [0, 0.05) is 19.1 Å². The van der Waals surface area contributed by atoms with E-state index in [9.17, 15) is 0 Å². The van der Waals surface area contributed by atoms with Gasteiger partial charge in [-0.25, -0.2) is 4.79 Å². The Balaban J connectivity index is 0. The van der Waals surface area contributed by atoms with Crippen LogP contribution in [0.15, 0.2) is 0 Å². The molecule has 0 aromatic heterocycles. The zero-order chi connectivity index (χ0) is 9.28. The second kappa shape index (κ2) is 9.19. The van der Waals surface area contributed by atoms with Gasteiger partial charge in [0.05, 0.1) is 0 Å². The van der Waals surface area contributed by atoms with Crippen LogP contribution in [0.3, 0.4) is 0 Å². The molecule has 0 atom stereocenters. The van der Waals surface area contributed by atoms with Gasteiger partial charge in [0.15, 0.2) is 0 Å². The minimum absolute atomic E-state index is 0.0972. The smallest absolute Gasteiger partial charge is 0.309 e. The van der Waals surface area contributed by atoms with Crippen molar-refractivity contribution in [3.63, 3.8) is 0 Å². The molecule has 0 saturated carbocycles. The second-order valence-corrected chi connectivity index (χ2v) is 2.04. The molecule has 68 valence electrons. The van der Waals surface area contributed by atoms with Crippen molar-refractivity contribution in [2.24, 2.45) is 17.4 Å². The summed E-state index contributed by atoms with van der Waals surface area (Å²) in [6.45, 7) is 2.15. The molecule has 11 heavy (non-hydrogen) atoms. The van der Waals surface area contributed by atoms with E-state index in [1.807, 2.05) is 6.92 Å². The first-order valence-corrected chi connectivity index (χ1v) is 3.35. The molecule has 6 N–H and O–H groups in total. The number of carbonyl (C=O) groups is 1. The number of urea groups is 1. The molecule has 0 aromatic carbocycles. The lowest BCUT2D eigenvalue weighted by Gasteiger charge is -2.03. The maximum absolute atomic E-state index is 9.00. The van der Waals surface area contributed by atoms with E-state index in [1.165, 1.54) is 0 Å². The van der Waals surface area contributed by atoms with Crippen molar-refractivity contribution in [3.05, 3.63) is 0 Å². The van der Waals surface area contributed by atoms with Gasteiger partial charge in [-0.2, -0.15) is 0 Å². The number of primary amides is 2. The molecule has 0 unspecified atom stereocenters. The van der Waals surface area contributed by atoms with Gasteiger partial charge in [0.1, 0.15) is 0 Å². The minimum atomic E-state index is -0.833. The molecule has 0 heterocycles. The van der Waals surface area contributed by atoms with Crippen LogP contribution in [0.25, 0.3) is 0 Å². The lowest BCUT2D eigenvalue weighted by molar-refractivity contribution is 0.147. The monoisotopic (exact) mass is 164 g/mol. The van der Waals surface area contributed by atoms with E-state index in [-0.39, 0.29) is 19.1 Å². The summed E-state index contributed by atoms with van der Waals surface area (Å²) < 4.78 is 0. The molecule has 5 heteroatoms. The fourth-order valence-electron chi connectivity index (χ4n) is 0.316. The minimum Gasteiger partial charge on any atom is -0.396 e. The summed E-state index contributed by atoms with van der Waals surface area (Å²) in [5.41, 5.74) is 8.50. The Morgan fingerprint density at radius 1 is 1.36 bits per heavy atom. The van der Waals surface area contributed by atoms with Crippen molar-refractivity contribution in [1.82, 2.24) is 0 Å². The Labute approximate surface area is 66.0 Å². The Kier molecular flexibility index (Phi) is 10.7. The molecule has 2 amide bonds. The number of carbonyl (C=O) groups excluding carboxylic acids is 1. The predicted molar refractivity (Wildman–Crippen MR) is 41.7 cm³/mol. The first-order chi connectivity index (χ1) is 5.08. The quantitative estimate of drug-likeness (QED) is 0.430. The summed E-state index contributed by atoms with van der Waals surface area (Å²) in [6.07, 6.45) is 0.854. The number of rotatable bonds is 3. The van der Waals surface area contributed by atoms with Gasteiger partial charge in [-0.15, -0.1) is 0 Å². The normalized spacial score (nSPS) is 8.73. The average molecular weight is 164 g/mol. The number of hydrogen-bond acceptors (Lipinski definition) is 3. The third-order valence-corrected chi connectivity index (χ3v) is 1.09. The highest BCUT2D eigenvalue weighted by atomic mass is 16.3. The van der Waals surface area contributed by atoms with Crippen LogP contribution in [-0.4, -0.2) is 29.5 Å². The molecule has 0 aliphatic rings. The molecule has 0 fully saturated rings. The molecule has 0 aliphatic carbocycles. The number of aliphatic hydroxyl groups is 2. The Bertz CT molecular complexity index is 84.3. The standard InChI is InChI=1S/C5H12O2.CH4N2O/c1-2-5(3-6)4-7;2-1(3)4/h5-7H,2-4H2,1H3;(H4,2,3,4). The molecule has 0 saturated heterocycles. The van der Waals surface area contributed by atoms with Gasteiger partial charge >= 0.3 is 6.03 Å². The van der Waals surface area contributed by atoms with Crippen LogP contribution in [0, 0.1) is 5.92 Å². The van der Waals surface area contributed by atoms with E-state index in [2.05, 4.69) is 11.5 Å². The molecule has 0 bridgehead atoms. The number of hydrogen-bond donors (Lipinski definition) is 4. The van der Waals surface area contributed by atoms with Gasteiger partial charge in [-0.3, -0.25) is 0 Å². The van der Waals surface area contributed by atoms with Crippen LogP contribution < -0.4 is 11.5 Å². The fourth-order valence-corrected chi connectivity index (χ4v) is 0.316. The average Bonchev–Trinajstić information content (AvgIpc) is 1.90. The van der Waals surface area contributed by atoms with Crippen LogP contribution in [0.4, 0.5) is 4.79 Å². The maximum atomic E-state index is 9.00. The van der Waals surface area contributed by atoms with Gasteiger partial charge in [0.25, 0.3) is 0 Å². The molecule has 0 aromatic rings. The molecule has 0 aliphatic heterocycles. The molecular weight excluding hydrogens is 148 g/mol. The van der Waals surface area contributed by atoms with Crippen molar-refractivity contribution in [2.45, 2.75) is 13.3 Å². The number of aliphatic hydroxyl groups excluding tert-OH is 2. The second-order valence-electron chi connectivity index (χ2n) is 2.04. The topological polar surface area (TPSA) is 110 Å². The lowest BCUT2D eigenvalue weighted by Crippen LogP contribution is -2.18. The third kappa shape index (κ3) is 17.6. The predicted octanol–water partition coefficient (Wildman–Crippen LogP) is -0.979. The van der Waals surface area contributed by atoms with Crippen LogP contribution in [0.2, 0.25) is 0 Å². The van der Waals surface area contributed by atoms with Crippen molar-refractivity contribution in [3.8, 4) is 0 Å². The van der Waals surface area contributed by atoms with E-state index >= 15 is 0 Å². The van der Waals surface area contributed by atoms with E-state index in [0.29, 0.717) is 0 Å². The highest BCUT2D eigenvalue weighted by molar-refractivity contribution is 5.69. The summed E-state index contributed by atoms with van der Waals surface area (Å²) in [5.74, 6) is 0.0972. The molecule has 0 radical (unpaired) electrons. The summed E-state index contributed by atoms with van der Waals surface area (Å²) in [6, 6.07) is -0.833. The summed E-state index contributed by atoms with van der Waals surface area (Å²) in [7, 11) is 0. The van der Waals surface area contributed by atoms with Gasteiger partial charge in [-0.1, -0.05) is 6.92 Å².